The van der Waals surface area contributed by atoms with Crippen LogP contribution in [-0.2, 0) is 16.1 Å². The zero-order chi connectivity index (χ0) is 22.0. The van der Waals surface area contributed by atoms with Gasteiger partial charge >= 0.3 is 0 Å². The Kier molecular flexibility index (Phi) is 5.95. The molecule has 0 spiro atoms. The first-order chi connectivity index (χ1) is 15.0. The topological polar surface area (TPSA) is 80.0 Å². The molecule has 1 aliphatic heterocycles. The van der Waals surface area contributed by atoms with E-state index in [9.17, 15) is 14.7 Å². The first kappa shape index (κ1) is 20.9. The number of aliphatic hydroxyl groups excluding tert-OH is 1. The number of aliphatic hydroxyl groups is 1. The van der Waals surface area contributed by atoms with Crippen molar-refractivity contribution in [3.63, 3.8) is 0 Å². The summed E-state index contributed by atoms with van der Waals surface area (Å²) in [6.07, 6.45) is 1.51. The van der Waals surface area contributed by atoms with Gasteiger partial charge in [-0.2, -0.15) is 0 Å². The van der Waals surface area contributed by atoms with Crippen LogP contribution in [0, 0.1) is 0 Å². The average Bonchev–Trinajstić information content (AvgIpc) is 3.37. The standard InChI is InChI=1S/C24H20BrNO5/c1-2-30-18-11-7-16(8-12-18)22(27)20-21(15-5-9-17(25)10-6-15)26(24(29)23(20)28)14-19-4-3-13-31-19/h3-13,21,27H,2,14H2,1H3/t21-/m0/s1. The summed E-state index contributed by atoms with van der Waals surface area (Å²) in [7, 11) is 0. The molecule has 0 unspecified atom stereocenters. The second-order valence-corrected chi connectivity index (χ2v) is 7.93. The van der Waals surface area contributed by atoms with Gasteiger partial charge in [0.25, 0.3) is 11.7 Å². The maximum absolute atomic E-state index is 13.0. The Balaban J connectivity index is 1.81. The van der Waals surface area contributed by atoms with E-state index in [4.69, 9.17) is 9.15 Å². The first-order valence-corrected chi connectivity index (χ1v) is 10.6. The molecule has 31 heavy (non-hydrogen) atoms. The third kappa shape index (κ3) is 4.14. The Morgan fingerprint density at radius 1 is 1.10 bits per heavy atom. The molecule has 1 N–H and O–H groups in total. The maximum Gasteiger partial charge on any atom is 0.296 e. The van der Waals surface area contributed by atoms with Crippen LogP contribution in [0.4, 0.5) is 0 Å². The molecule has 158 valence electrons. The van der Waals surface area contributed by atoms with Gasteiger partial charge in [0.05, 0.1) is 31.0 Å². The van der Waals surface area contributed by atoms with E-state index in [0.717, 1.165) is 4.47 Å². The van der Waals surface area contributed by atoms with Crippen LogP contribution in [0.5, 0.6) is 5.75 Å². The number of hydrogen-bond acceptors (Lipinski definition) is 5. The smallest absolute Gasteiger partial charge is 0.296 e. The number of benzene rings is 2. The van der Waals surface area contributed by atoms with Crippen molar-refractivity contribution in [1.82, 2.24) is 4.90 Å². The Hall–Kier alpha value is -3.32. The molecule has 2 aromatic carbocycles. The normalized spacial score (nSPS) is 17.9. The van der Waals surface area contributed by atoms with Gasteiger partial charge in [0, 0.05) is 10.0 Å². The molecule has 1 aromatic heterocycles. The van der Waals surface area contributed by atoms with Crippen molar-refractivity contribution in [2.45, 2.75) is 19.5 Å². The molecule has 0 radical (unpaired) electrons. The van der Waals surface area contributed by atoms with E-state index in [2.05, 4.69) is 15.9 Å². The molecular weight excluding hydrogens is 462 g/mol. The molecule has 7 heteroatoms. The van der Waals surface area contributed by atoms with Crippen molar-refractivity contribution < 1.29 is 23.8 Å². The van der Waals surface area contributed by atoms with Crippen LogP contribution in [0.2, 0.25) is 0 Å². The van der Waals surface area contributed by atoms with E-state index in [1.165, 1.54) is 11.2 Å². The maximum atomic E-state index is 13.0. The number of amides is 1. The summed E-state index contributed by atoms with van der Waals surface area (Å²) in [6, 6.07) is 16.8. The van der Waals surface area contributed by atoms with Crippen LogP contribution in [-0.4, -0.2) is 28.3 Å². The number of Topliss-reactive ketones (excluding diaryl/α,β-unsaturated/α-hetero) is 1. The molecule has 0 bridgehead atoms. The fraction of sp³-hybridized carbons (Fsp3) is 0.167. The van der Waals surface area contributed by atoms with Gasteiger partial charge in [-0.25, -0.2) is 0 Å². The molecule has 1 atom stereocenters. The van der Waals surface area contributed by atoms with Gasteiger partial charge in [-0.3, -0.25) is 9.59 Å². The fourth-order valence-corrected chi connectivity index (χ4v) is 3.90. The minimum Gasteiger partial charge on any atom is -0.507 e. The highest BCUT2D eigenvalue weighted by atomic mass is 79.9. The number of halogens is 1. The van der Waals surface area contributed by atoms with Crippen LogP contribution in [0.1, 0.15) is 29.9 Å². The number of likely N-dealkylation sites (tertiary alicyclic amines) is 1. The highest BCUT2D eigenvalue weighted by Gasteiger charge is 2.46. The quantitative estimate of drug-likeness (QED) is 0.302. The van der Waals surface area contributed by atoms with Crippen LogP contribution in [0.15, 0.2) is 81.4 Å². The molecule has 1 aliphatic rings. The van der Waals surface area contributed by atoms with Gasteiger partial charge in [-0.15, -0.1) is 0 Å². The lowest BCUT2D eigenvalue weighted by atomic mass is 9.95. The van der Waals surface area contributed by atoms with Gasteiger partial charge < -0.3 is 19.2 Å². The summed E-state index contributed by atoms with van der Waals surface area (Å²) >= 11 is 3.41. The first-order valence-electron chi connectivity index (χ1n) is 9.79. The Morgan fingerprint density at radius 2 is 1.81 bits per heavy atom. The number of hydrogen-bond donors (Lipinski definition) is 1. The largest absolute Gasteiger partial charge is 0.507 e. The Bertz CT molecular complexity index is 1120. The highest BCUT2D eigenvalue weighted by molar-refractivity contribution is 9.10. The van der Waals surface area contributed by atoms with Gasteiger partial charge in [0.15, 0.2) is 0 Å². The van der Waals surface area contributed by atoms with Gasteiger partial charge in [-0.1, -0.05) is 28.1 Å². The molecule has 2 heterocycles. The van der Waals surface area contributed by atoms with Crippen LogP contribution in [0.3, 0.4) is 0 Å². The molecule has 1 saturated heterocycles. The zero-order valence-corrected chi connectivity index (χ0v) is 18.3. The summed E-state index contributed by atoms with van der Waals surface area (Å²) in [5.74, 6) is -0.439. The van der Waals surface area contributed by atoms with E-state index in [0.29, 0.717) is 29.2 Å². The number of furan rings is 1. The van der Waals surface area contributed by atoms with E-state index < -0.39 is 17.7 Å². The predicted molar refractivity (Wildman–Crippen MR) is 118 cm³/mol. The van der Waals surface area contributed by atoms with Crippen LogP contribution in [0.25, 0.3) is 5.76 Å². The lowest BCUT2D eigenvalue weighted by Gasteiger charge is -2.24. The summed E-state index contributed by atoms with van der Waals surface area (Å²) < 4.78 is 11.7. The number of ether oxygens (including phenoxy) is 1. The Morgan fingerprint density at radius 3 is 2.42 bits per heavy atom. The number of nitrogens with zero attached hydrogens (tertiary/aromatic N) is 1. The zero-order valence-electron chi connectivity index (χ0n) is 16.7. The molecule has 3 aromatic rings. The SMILES string of the molecule is CCOc1ccc(C(O)=C2C(=O)C(=O)N(Cc3ccco3)[C@H]2c2ccc(Br)cc2)cc1. The Labute approximate surface area is 187 Å². The third-order valence-corrected chi connectivity index (χ3v) is 5.60. The third-order valence-electron chi connectivity index (χ3n) is 5.07. The predicted octanol–water partition coefficient (Wildman–Crippen LogP) is 5.06. The van der Waals surface area contributed by atoms with Crippen molar-refractivity contribution in [1.29, 1.82) is 0 Å². The molecule has 1 amide bonds. The van der Waals surface area contributed by atoms with Crippen molar-refractivity contribution >= 4 is 33.4 Å². The molecule has 0 saturated carbocycles. The van der Waals surface area contributed by atoms with E-state index >= 15 is 0 Å². The minimum absolute atomic E-state index is 0.0445. The average molecular weight is 482 g/mol. The summed E-state index contributed by atoms with van der Waals surface area (Å²) in [5.41, 5.74) is 1.19. The monoisotopic (exact) mass is 481 g/mol. The lowest BCUT2D eigenvalue weighted by molar-refractivity contribution is -0.140. The molecule has 6 nitrogen and oxygen atoms in total. The summed E-state index contributed by atoms with van der Waals surface area (Å²) in [6.45, 7) is 2.51. The van der Waals surface area contributed by atoms with Crippen molar-refractivity contribution in [3.05, 3.63) is 93.9 Å². The molecule has 0 aliphatic carbocycles. The number of carbonyl (C=O) groups is 2. The lowest BCUT2D eigenvalue weighted by Crippen LogP contribution is -2.29. The summed E-state index contributed by atoms with van der Waals surface area (Å²) in [5, 5.41) is 11.1. The van der Waals surface area contributed by atoms with Crippen molar-refractivity contribution in [2.75, 3.05) is 6.61 Å². The number of ketones is 1. The summed E-state index contributed by atoms with van der Waals surface area (Å²) in [4.78, 5) is 27.4. The number of rotatable bonds is 6. The second kappa shape index (κ2) is 8.81. The number of carbonyl (C=O) groups excluding carboxylic acids is 2. The minimum atomic E-state index is -0.746. The molecule has 4 rings (SSSR count). The van der Waals surface area contributed by atoms with Gasteiger partial charge in [0.2, 0.25) is 0 Å². The molecule has 1 fully saturated rings. The molecular formula is C24H20BrNO5. The van der Waals surface area contributed by atoms with Crippen LogP contribution >= 0.6 is 15.9 Å². The van der Waals surface area contributed by atoms with Gasteiger partial charge in [0.1, 0.15) is 17.3 Å². The second-order valence-electron chi connectivity index (χ2n) is 7.02. The van der Waals surface area contributed by atoms with Crippen molar-refractivity contribution in [2.24, 2.45) is 0 Å². The van der Waals surface area contributed by atoms with Crippen molar-refractivity contribution in [3.8, 4) is 5.75 Å². The van der Waals surface area contributed by atoms with E-state index in [1.54, 1.807) is 36.4 Å². The van der Waals surface area contributed by atoms with E-state index in [-0.39, 0.29) is 17.9 Å². The highest BCUT2D eigenvalue weighted by Crippen LogP contribution is 2.40. The van der Waals surface area contributed by atoms with Crippen LogP contribution < -0.4 is 4.74 Å². The van der Waals surface area contributed by atoms with Gasteiger partial charge in [-0.05, 0) is 61.0 Å². The fourth-order valence-electron chi connectivity index (χ4n) is 3.64. The van der Waals surface area contributed by atoms with E-state index in [1.807, 2.05) is 31.2 Å².